The summed E-state index contributed by atoms with van der Waals surface area (Å²) in [7, 11) is -2.75. The Labute approximate surface area is 153 Å². The second-order valence-corrected chi connectivity index (χ2v) is 7.52. The minimum absolute atomic E-state index is 0.00675. The zero-order valence-corrected chi connectivity index (χ0v) is 15.2. The minimum atomic E-state index is -4.20. The third-order valence-corrected chi connectivity index (χ3v) is 5.18. The van der Waals surface area contributed by atoms with Crippen molar-refractivity contribution in [2.24, 2.45) is 0 Å². The van der Waals surface area contributed by atoms with E-state index in [9.17, 15) is 18.3 Å². The SMILES string of the molecule is CNC(=O)c1ccc(NS(=O)(=O)c2cc(Cl)cc(Cl)c2O)c(Cl)c1. The highest BCUT2D eigenvalue weighted by molar-refractivity contribution is 7.92. The highest BCUT2D eigenvalue weighted by Crippen LogP contribution is 2.35. The maximum Gasteiger partial charge on any atom is 0.265 e. The first-order valence-corrected chi connectivity index (χ1v) is 9.00. The Morgan fingerprint density at radius 3 is 2.33 bits per heavy atom. The van der Waals surface area contributed by atoms with Gasteiger partial charge in [0.05, 0.1) is 15.7 Å². The number of rotatable bonds is 4. The van der Waals surface area contributed by atoms with Crippen molar-refractivity contribution < 1.29 is 18.3 Å². The number of nitrogens with one attached hydrogen (secondary N) is 2. The molecule has 0 heterocycles. The molecular weight excluding hydrogens is 399 g/mol. The first kappa shape index (κ1) is 18.7. The summed E-state index contributed by atoms with van der Waals surface area (Å²) >= 11 is 17.5. The van der Waals surface area contributed by atoms with Gasteiger partial charge in [0.15, 0.2) is 5.75 Å². The molecule has 0 aliphatic heterocycles. The number of phenols is 1. The van der Waals surface area contributed by atoms with E-state index >= 15 is 0 Å². The molecule has 0 aliphatic carbocycles. The van der Waals surface area contributed by atoms with E-state index < -0.39 is 20.7 Å². The van der Waals surface area contributed by atoms with E-state index in [2.05, 4.69) is 10.0 Å². The number of carbonyl (C=O) groups is 1. The fourth-order valence-corrected chi connectivity index (χ4v) is 3.95. The molecule has 2 aromatic rings. The molecule has 6 nitrogen and oxygen atoms in total. The topological polar surface area (TPSA) is 95.5 Å². The van der Waals surface area contributed by atoms with Crippen LogP contribution in [-0.4, -0.2) is 26.5 Å². The Bertz CT molecular complexity index is 916. The summed E-state index contributed by atoms with van der Waals surface area (Å²) in [4.78, 5) is 11.0. The van der Waals surface area contributed by atoms with Gasteiger partial charge in [-0.25, -0.2) is 8.42 Å². The molecule has 2 rings (SSSR count). The second-order valence-electron chi connectivity index (χ2n) is 4.61. The average Bonchev–Trinajstić information content (AvgIpc) is 2.51. The highest BCUT2D eigenvalue weighted by Gasteiger charge is 2.23. The number of hydrogen-bond acceptors (Lipinski definition) is 4. The molecule has 0 spiro atoms. The molecule has 0 aliphatic rings. The molecule has 0 atom stereocenters. The smallest absolute Gasteiger partial charge is 0.265 e. The third kappa shape index (κ3) is 3.87. The zero-order chi connectivity index (χ0) is 18.1. The van der Waals surface area contributed by atoms with Crippen LogP contribution in [0.15, 0.2) is 35.2 Å². The van der Waals surface area contributed by atoms with Crippen LogP contribution in [0.5, 0.6) is 5.75 Å². The number of anilines is 1. The monoisotopic (exact) mass is 408 g/mol. The molecule has 1 amide bonds. The van der Waals surface area contributed by atoms with Crippen molar-refractivity contribution >= 4 is 56.4 Å². The predicted octanol–water partition coefficient (Wildman–Crippen LogP) is 3.51. The van der Waals surface area contributed by atoms with Gasteiger partial charge in [-0.2, -0.15) is 0 Å². The fourth-order valence-electron chi connectivity index (χ4n) is 1.83. The normalized spacial score (nSPS) is 11.2. The van der Waals surface area contributed by atoms with Crippen molar-refractivity contribution in [2.45, 2.75) is 4.90 Å². The fraction of sp³-hybridized carbons (Fsp3) is 0.0714. The van der Waals surface area contributed by atoms with E-state index in [4.69, 9.17) is 34.8 Å². The zero-order valence-electron chi connectivity index (χ0n) is 12.1. The van der Waals surface area contributed by atoms with Crippen molar-refractivity contribution in [3.8, 4) is 5.75 Å². The minimum Gasteiger partial charge on any atom is -0.505 e. The van der Waals surface area contributed by atoms with Gasteiger partial charge in [0, 0.05) is 17.6 Å². The van der Waals surface area contributed by atoms with Crippen LogP contribution in [0.4, 0.5) is 5.69 Å². The van der Waals surface area contributed by atoms with E-state index in [0.29, 0.717) is 0 Å². The molecule has 0 fully saturated rings. The maximum absolute atomic E-state index is 12.4. The molecule has 0 saturated heterocycles. The molecule has 0 radical (unpaired) electrons. The van der Waals surface area contributed by atoms with Crippen LogP contribution in [0.25, 0.3) is 0 Å². The van der Waals surface area contributed by atoms with E-state index in [1.54, 1.807) is 0 Å². The average molecular weight is 410 g/mol. The predicted molar refractivity (Wildman–Crippen MR) is 93.8 cm³/mol. The molecular formula is C14H11Cl3N2O4S. The molecule has 10 heteroatoms. The number of benzene rings is 2. The van der Waals surface area contributed by atoms with Crippen LogP contribution >= 0.6 is 34.8 Å². The van der Waals surface area contributed by atoms with E-state index in [1.807, 2.05) is 0 Å². The summed E-state index contributed by atoms with van der Waals surface area (Å²) in [6.07, 6.45) is 0. The Kier molecular flexibility index (Phi) is 5.49. The molecule has 0 saturated carbocycles. The number of sulfonamides is 1. The van der Waals surface area contributed by atoms with Crippen molar-refractivity contribution in [1.29, 1.82) is 0 Å². The molecule has 0 bridgehead atoms. The van der Waals surface area contributed by atoms with Gasteiger partial charge in [0.25, 0.3) is 15.9 Å². The van der Waals surface area contributed by atoms with Crippen molar-refractivity contribution in [3.63, 3.8) is 0 Å². The lowest BCUT2D eigenvalue weighted by Crippen LogP contribution is -2.18. The van der Waals surface area contributed by atoms with Gasteiger partial charge in [-0.05, 0) is 30.3 Å². The van der Waals surface area contributed by atoms with Gasteiger partial charge in [-0.1, -0.05) is 34.8 Å². The van der Waals surface area contributed by atoms with Gasteiger partial charge < -0.3 is 10.4 Å². The molecule has 128 valence electrons. The summed E-state index contributed by atoms with van der Waals surface area (Å²) in [6, 6.07) is 6.30. The lowest BCUT2D eigenvalue weighted by molar-refractivity contribution is 0.0963. The molecule has 3 N–H and O–H groups in total. The largest absolute Gasteiger partial charge is 0.505 e. The molecule has 0 unspecified atom stereocenters. The van der Waals surface area contributed by atoms with Gasteiger partial charge in [0.2, 0.25) is 0 Å². The van der Waals surface area contributed by atoms with Crippen LogP contribution in [0.2, 0.25) is 15.1 Å². The molecule has 24 heavy (non-hydrogen) atoms. The van der Waals surface area contributed by atoms with Crippen molar-refractivity contribution in [1.82, 2.24) is 5.32 Å². The van der Waals surface area contributed by atoms with E-state index in [1.165, 1.54) is 31.3 Å². The first-order valence-electron chi connectivity index (χ1n) is 6.38. The summed E-state index contributed by atoms with van der Waals surface area (Å²) in [6.45, 7) is 0. The van der Waals surface area contributed by atoms with E-state index in [-0.39, 0.29) is 32.2 Å². The number of halogens is 3. The Morgan fingerprint density at radius 2 is 1.75 bits per heavy atom. The van der Waals surface area contributed by atoms with Crippen molar-refractivity contribution in [3.05, 3.63) is 51.0 Å². The summed E-state index contributed by atoms with van der Waals surface area (Å²) < 4.78 is 27.1. The van der Waals surface area contributed by atoms with Gasteiger partial charge >= 0.3 is 0 Å². The number of phenolic OH excluding ortho intramolecular Hbond substituents is 1. The number of hydrogen-bond donors (Lipinski definition) is 3. The Hall–Kier alpha value is -1.67. The first-order chi connectivity index (χ1) is 11.2. The number of amides is 1. The molecule has 0 aromatic heterocycles. The highest BCUT2D eigenvalue weighted by atomic mass is 35.5. The standard InChI is InChI=1S/C14H11Cl3N2O4S/c1-18-14(21)7-2-3-11(9(16)4-7)19-24(22,23)12-6-8(15)5-10(17)13(12)20/h2-6,19-20H,1H3,(H,18,21). The van der Waals surface area contributed by atoms with Gasteiger partial charge in [-0.3, -0.25) is 9.52 Å². The van der Waals surface area contributed by atoms with Crippen LogP contribution < -0.4 is 10.0 Å². The second kappa shape index (κ2) is 7.06. The van der Waals surface area contributed by atoms with Crippen LogP contribution in [0, 0.1) is 0 Å². The number of carbonyl (C=O) groups excluding carboxylic acids is 1. The van der Waals surface area contributed by atoms with E-state index in [0.717, 1.165) is 6.07 Å². The summed E-state index contributed by atoms with van der Waals surface area (Å²) in [5.74, 6) is -1.00. The quantitative estimate of drug-likeness (QED) is 0.720. The maximum atomic E-state index is 12.4. The summed E-state index contributed by atoms with van der Waals surface area (Å²) in [5.41, 5.74) is 0.291. The lowest BCUT2D eigenvalue weighted by atomic mass is 10.2. The summed E-state index contributed by atoms with van der Waals surface area (Å²) in [5, 5.41) is 12.1. The lowest BCUT2D eigenvalue weighted by Gasteiger charge is -2.12. The Balaban J connectivity index is 2.42. The van der Waals surface area contributed by atoms with Crippen molar-refractivity contribution in [2.75, 3.05) is 11.8 Å². The Morgan fingerprint density at radius 1 is 1.08 bits per heavy atom. The van der Waals surface area contributed by atoms with Crippen LogP contribution in [-0.2, 0) is 10.0 Å². The third-order valence-electron chi connectivity index (χ3n) is 2.99. The van der Waals surface area contributed by atoms with Gasteiger partial charge in [-0.15, -0.1) is 0 Å². The van der Waals surface area contributed by atoms with Crippen LogP contribution in [0.3, 0.4) is 0 Å². The van der Waals surface area contributed by atoms with Gasteiger partial charge in [0.1, 0.15) is 4.90 Å². The molecule has 2 aromatic carbocycles. The van der Waals surface area contributed by atoms with Crippen LogP contribution in [0.1, 0.15) is 10.4 Å². The number of aromatic hydroxyl groups is 1.